The van der Waals surface area contributed by atoms with Gasteiger partial charge in [0.25, 0.3) is 0 Å². The molecule has 2 heterocycles. The fourth-order valence-corrected chi connectivity index (χ4v) is 1.57. The lowest BCUT2D eigenvalue weighted by atomic mass is 10.1. The van der Waals surface area contributed by atoms with Gasteiger partial charge in [0.1, 0.15) is 0 Å². The molecule has 0 saturated heterocycles. The van der Waals surface area contributed by atoms with Gasteiger partial charge >= 0.3 is 0 Å². The molecule has 84 valence electrons. The Labute approximate surface area is 95.3 Å². The highest BCUT2D eigenvalue weighted by Gasteiger charge is 2.05. The van der Waals surface area contributed by atoms with Crippen LogP contribution in [0.25, 0.3) is 0 Å². The Morgan fingerprint density at radius 1 is 1.44 bits per heavy atom. The van der Waals surface area contributed by atoms with Crippen LogP contribution in [0.5, 0.6) is 0 Å². The molecular formula is C12H16N4. The van der Waals surface area contributed by atoms with Gasteiger partial charge in [-0.2, -0.15) is 5.10 Å². The number of nitrogens with zero attached hydrogens (tertiary/aromatic N) is 3. The first kappa shape index (κ1) is 10.8. The second-order valence-electron chi connectivity index (χ2n) is 3.87. The number of hydrogen-bond donors (Lipinski definition) is 1. The summed E-state index contributed by atoms with van der Waals surface area (Å²) in [6.45, 7) is 2.90. The van der Waals surface area contributed by atoms with Crippen molar-refractivity contribution in [1.29, 1.82) is 0 Å². The molecule has 0 radical (unpaired) electrons. The van der Waals surface area contributed by atoms with E-state index >= 15 is 0 Å². The minimum atomic E-state index is 0.288. The van der Waals surface area contributed by atoms with Crippen molar-refractivity contribution in [3.8, 4) is 0 Å². The summed E-state index contributed by atoms with van der Waals surface area (Å²) < 4.78 is 1.81. The van der Waals surface area contributed by atoms with E-state index in [-0.39, 0.29) is 6.04 Å². The molecule has 0 aliphatic carbocycles. The van der Waals surface area contributed by atoms with Gasteiger partial charge in [-0.05, 0) is 24.6 Å². The van der Waals surface area contributed by atoms with Crippen molar-refractivity contribution in [1.82, 2.24) is 20.1 Å². The van der Waals surface area contributed by atoms with Crippen LogP contribution in [0.1, 0.15) is 24.2 Å². The highest BCUT2D eigenvalue weighted by molar-refractivity contribution is 5.13. The van der Waals surface area contributed by atoms with E-state index in [1.165, 1.54) is 5.56 Å². The lowest BCUT2D eigenvalue weighted by Gasteiger charge is -2.12. The molecule has 0 saturated carbocycles. The van der Waals surface area contributed by atoms with E-state index in [2.05, 4.69) is 28.4 Å². The third-order valence-electron chi connectivity index (χ3n) is 2.54. The zero-order valence-corrected chi connectivity index (χ0v) is 9.59. The number of hydrogen-bond acceptors (Lipinski definition) is 3. The number of pyridine rings is 1. The lowest BCUT2D eigenvalue weighted by molar-refractivity contribution is 0.560. The van der Waals surface area contributed by atoms with E-state index in [1.54, 1.807) is 6.20 Å². The minimum Gasteiger partial charge on any atom is -0.304 e. The Morgan fingerprint density at radius 2 is 2.31 bits per heavy atom. The molecule has 0 bridgehead atoms. The predicted octanol–water partition coefficient (Wildman–Crippen LogP) is 1.67. The summed E-state index contributed by atoms with van der Waals surface area (Å²) in [4.78, 5) is 4.11. The zero-order valence-electron chi connectivity index (χ0n) is 9.59. The maximum absolute atomic E-state index is 4.31. The van der Waals surface area contributed by atoms with Crippen LogP contribution in [0, 0.1) is 0 Å². The molecule has 4 heteroatoms. The molecule has 4 nitrogen and oxygen atoms in total. The normalized spacial score (nSPS) is 12.6. The predicted molar refractivity (Wildman–Crippen MR) is 62.7 cm³/mol. The Balaban J connectivity index is 1.91. The fraction of sp³-hybridized carbons (Fsp3) is 0.333. The summed E-state index contributed by atoms with van der Waals surface area (Å²) in [6.07, 6.45) is 5.62. The molecule has 0 aliphatic heterocycles. The van der Waals surface area contributed by atoms with Gasteiger partial charge in [-0.25, -0.2) is 0 Å². The highest BCUT2D eigenvalue weighted by Crippen LogP contribution is 2.10. The summed E-state index contributed by atoms with van der Waals surface area (Å²) in [5.74, 6) is 0. The molecule has 0 fully saturated rings. The maximum Gasteiger partial charge on any atom is 0.0762 e. The van der Waals surface area contributed by atoms with Crippen LogP contribution < -0.4 is 5.32 Å². The largest absolute Gasteiger partial charge is 0.304 e. The molecule has 0 aromatic carbocycles. The van der Waals surface area contributed by atoms with Crippen LogP contribution in [-0.4, -0.2) is 14.8 Å². The number of aryl methyl sites for hydroxylation is 1. The van der Waals surface area contributed by atoms with E-state index in [9.17, 15) is 0 Å². The van der Waals surface area contributed by atoms with Crippen molar-refractivity contribution in [2.45, 2.75) is 19.5 Å². The Kier molecular flexibility index (Phi) is 3.31. The van der Waals surface area contributed by atoms with Crippen molar-refractivity contribution < 1.29 is 0 Å². The second-order valence-corrected chi connectivity index (χ2v) is 3.87. The quantitative estimate of drug-likeness (QED) is 0.845. The summed E-state index contributed by atoms with van der Waals surface area (Å²) in [7, 11) is 1.92. The third kappa shape index (κ3) is 2.67. The smallest absolute Gasteiger partial charge is 0.0762 e. The van der Waals surface area contributed by atoms with E-state index in [0.717, 1.165) is 12.2 Å². The maximum atomic E-state index is 4.31. The molecule has 2 rings (SSSR count). The molecular weight excluding hydrogens is 200 g/mol. The molecule has 1 N–H and O–H groups in total. The highest BCUT2D eigenvalue weighted by atomic mass is 15.3. The topological polar surface area (TPSA) is 42.7 Å². The van der Waals surface area contributed by atoms with Crippen molar-refractivity contribution >= 4 is 0 Å². The Bertz CT molecular complexity index is 435. The average Bonchev–Trinajstić information content (AvgIpc) is 2.73. The van der Waals surface area contributed by atoms with Crippen molar-refractivity contribution in [3.63, 3.8) is 0 Å². The van der Waals surface area contributed by atoms with Crippen LogP contribution in [0.4, 0.5) is 0 Å². The number of rotatable bonds is 4. The van der Waals surface area contributed by atoms with E-state index in [4.69, 9.17) is 0 Å². The molecule has 0 aliphatic rings. The number of aromatic nitrogens is 3. The van der Waals surface area contributed by atoms with Gasteiger partial charge in [0.2, 0.25) is 0 Å². The van der Waals surface area contributed by atoms with Gasteiger partial charge < -0.3 is 5.32 Å². The summed E-state index contributed by atoms with van der Waals surface area (Å²) >= 11 is 0. The van der Waals surface area contributed by atoms with Gasteiger partial charge in [0.15, 0.2) is 0 Å². The van der Waals surface area contributed by atoms with Crippen LogP contribution >= 0.6 is 0 Å². The molecule has 0 spiro atoms. The van der Waals surface area contributed by atoms with Crippen LogP contribution in [0.15, 0.2) is 36.8 Å². The van der Waals surface area contributed by atoms with Gasteiger partial charge in [-0.15, -0.1) is 0 Å². The van der Waals surface area contributed by atoms with E-state index in [0.29, 0.717) is 0 Å². The molecule has 2 aromatic heterocycles. The SMILES string of the molecule is CC(NCc1ccn(C)n1)c1cccnc1. The first-order valence-electron chi connectivity index (χ1n) is 5.37. The Hall–Kier alpha value is -1.68. The van der Waals surface area contributed by atoms with Crippen LogP contribution in [0.2, 0.25) is 0 Å². The summed E-state index contributed by atoms with van der Waals surface area (Å²) in [5, 5.41) is 7.73. The first-order valence-corrected chi connectivity index (χ1v) is 5.37. The van der Waals surface area contributed by atoms with Crippen molar-refractivity contribution in [2.24, 2.45) is 7.05 Å². The monoisotopic (exact) mass is 216 g/mol. The lowest BCUT2D eigenvalue weighted by Crippen LogP contribution is -2.18. The van der Waals surface area contributed by atoms with E-state index in [1.807, 2.05) is 36.3 Å². The first-order chi connectivity index (χ1) is 7.75. The van der Waals surface area contributed by atoms with Gasteiger partial charge in [0, 0.05) is 38.2 Å². The number of nitrogens with one attached hydrogen (secondary N) is 1. The second kappa shape index (κ2) is 4.90. The van der Waals surface area contributed by atoms with Crippen LogP contribution in [-0.2, 0) is 13.6 Å². The van der Waals surface area contributed by atoms with E-state index < -0.39 is 0 Å². The standard InChI is InChI=1S/C12H16N4/c1-10(11-4-3-6-13-8-11)14-9-12-5-7-16(2)15-12/h3-8,10,14H,9H2,1-2H3. The van der Waals surface area contributed by atoms with Crippen LogP contribution in [0.3, 0.4) is 0 Å². The molecule has 1 atom stereocenters. The van der Waals surface area contributed by atoms with Gasteiger partial charge in [-0.3, -0.25) is 9.67 Å². The molecule has 16 heavy (non-hydrogen) atoms. The molecule has 0 amide bonds. The zero-order chi connectivity index (χ0) is 11.4. The molecule has 1 unspecified atom stereocenters. The molecule has 2 aromatic rings. The van der Waals surface area contributed by atoms with Gasteiger partial charge in [-0.1, -0.05) is 6.07 Å². The van der Waals surface area contributed by atoms with Crippen molar-refractivity contribution in [3.05, 3.63) is 48.0 Å². The Morgan fingerprint density at radius 3 is 2.94 bits per heavy atom. The third-order valence-corrected chi connectivity index (χ3v) is 2.54. The van der Waals surface area contributed by atoms with Crippen molar-refractivity contribution in [2.75, 3.05) is 0 Å². The summed E-state index contributed by atoms with van der Waals surface area (Å²) in [6, 6.07) is 6.33. The summed E-state index contributed by atoms with van der Waals surface area (Å²) in [5.41, 5.74) is 2.25. The minimum absolute atomic E-state index is 0.288. The van der Waals surface area contributed by atoms with Gasteiger partial charge in [0.05, 0.1) is 5.69 Å². The average molecular weight is 216 g/mol. The fourth-order valence-electron chi connectivity index (χ4n) is 1.57.